The van der Waals surface area contributed by atoms with Gasteiger partial charge >= 0.3 is 5.69 Å². The van der Waals surface area contributed by atoms with Crippen molar-refractivity contribution in [2.75, 3.05) is 5.32 Å². The van der Waals surface area contributed by atoms with Gasteiger partial charge in [-0.3, -0.25) is 9.67 Å². The van der Waals surface area contributed by atoms with Crippen LogP contribution in [-0.2, 0) is 6.54 Å². The van der Waals surface area contributed by atoms with Crippen molar-refractivity contribution < 1.29 is 0 Å². The summed E-state index contributed by atoms with van der Waals surface area (Å²) in [5, 5.41) is 10.2. The largest absolute Gasteiger partial charge is 0.381 e. The van der Waals surface area contributed by atoms with Gasteiger partial charge in [-0.2, -0.15) is 5.10 Å². The van der Waals surface area contributed by atoms with Gasteiger partial charge in [0.25, 0.3) is 0 Å². The number of hydrogen-bond acceptors (Lipinski definition) is 3. The highest BCUT2D eigenvalue weighted by Crippen LogP contribution is 2.13. The number of benzene rings is 1. The standard InChI is InChI=1S/C14H15N5O/c1-10-11(9-17-18-10)8-16-12-2-4-13(5-3-12)19-7-6-15-14(19)20/h2-7,9,16H,8H2,1H3,(H,15,20)(H,17,18). The fourth-order valence-corrected chi connectivity index (χ4v) is 2.01. The summed E-state index contributed by atoms with van der Waals surface area (Å²) < 4.78 is 1.56. The van der Waals surface area contributed by atoms with Crippen LogP contribution < -0.4 is 11.0 Å². The van der Waals surface area contributed by atoms with E-state index in [4.69, 9.17) is 0 Å². The molecule has 0 saturated heterocycles. The van der Waals surface area contributed by atoms with E-state index in [0.717, 1.165) is 22.6 Å². The Morgan fingerprint density at radius 1 is 1.30 bits per heavy atom. The van der Waals surface area contributed by atoms with E-state index < -0.39 is 0 Å². The summed E-state index contributed by atoms with van der Waals surface area (Å²) in [5.41, 5.74) is 3.89. The van der Waals surface area contributed by atoms with E-state index in [9.17, 15) is 4.79 Å². The first-order valence-corrected chi connectivity index (χ1v) is 6.33. The van der Waals surface area contributed by atoms with Gasteiger partial charge in [0.2, 0.25) is 0 Å². The zero-order valence-electron chi connectivity index (χ0n) is 11.1. The van der Waals surface area contributed by atoms with E-state index in [-0.39, 0.29) is 5.69 Å². The first-order valence-electron chi connectivity index (χ1n) is 6.33. The van der Waals surface area contributed by atoms with Gasteiger partial charge in [-0.25, -0.2) is 4.79 Å². The molecule has 0 aliphatic carbocycles. The van der Waals surface area contributed by atoms with Crippen LogP contribution in [-0.4, -0.2) is 19.7 Å². The number of aryl methyl sites for hydroxylation is 1. The van der Waals surface area contributed by atoms with Crippen molar-refractivity contribution in [2.45, 2.75) is 13.5 Å². The molecule has 6 nitrogen and oxygen atoms in total. The van der Waals surface area contributed by atoms with Gasteiger partial charge in [0.15, 0.2) is 0 Å². The summed E-state index contributed by atoms with van der Waals surface area (Å²) in [5.74, 6) is 0. The monoisotopic (exact) mass is 269 g/mol. The van der Waals surface area contributed by atoms with Gasteiger partial charge in [0.1, 0.15) is 0 Å². The lowest BCUT2D eigenvalue weighted by Crippen LogP contribution is -2.13. The number of nitrogens with zero attached hydrogens (tertiary/aromatic N) is 2. The molecule has 20 heavy (non-hydrogen) atoms. The van der Waals surface area contributed by atoms with Crippen LogP contribution >= 0.6 is 0 Å². The molecule has 0 aliphatic rings. The first-order chi connectivity index (χ1) is 9.74. The Balaban J connectivity index is 1.72. The minimum Gasteiger partial charge on any atom is -0.381 e. The molecule has 2 aromatic heterocycles. The van der Waals surface area contributed by atoms with E-state index in [0.29, 0.717) is 6.54 Å². The van der Waals surface area contributed by atoms with Crippen molar-refractivity contribution in [2.24, 2.45) is 0 Å². The van der Waals surface area contributed by atoms with E-state index >= 15 is 0 Å². The van der Waals surface area contributed by atoms with Crippen molar-refractivity contribution >= 4 is 5.69 Å². The highest BCUT2D eigenvalue weighted by atomic mass is 16.1. The molecule has 0 saturated carbocycles. The highest BCUT2D eigenvalue weighted by Gasteiger charge is 2.02. The number of imidazole rings is 1. The molecule has 3 aromatic rings. The van der Waals surface area contributed by atoms with Crippen molar-refractivity contribution in [1.29, 1.82) is 0 Å². The molecule has 1 aromatic carbocycles. The molecule has 6 heteroatoms. The first kappa shape index (κ1) is 12.3. The Morgan fingerprint density at radius 3 is 2.70 bits per heavy atom. The molecular formula is C14H15N5O. The van der Waals surface area contributed by atoms with Gasteiger partial charge in [0.05, 0.1) is 11.9 Å². The second-order valence-electron chi connectivity index (χ2n) is 4.56. The van der Waals surface area contributed by atoms with Gasteiger partial charge in [0, 0.05) is 35.9 Å². The Labute approximate surface area is 115 Å². The molecule has 0 aliphatic heterocycles. The Morgan fingerprint density at radius 2 is 2.10 bits per heavy atom. The third-order valence-corrected chi connectivity index (χ3v) is 3.21. The average Bonchev–Trinajstić information content (AvgIpc) is 3.06. The number of aromatic nitrogens is 4. The molecule has 3 rings (SSSR count). The van der Waals surface area contributed by atoms with Crippen LogP contribution in [0, 0.1) is 6.92 Å². The minimum absolute atomic E-state index is 0.139. The number of rotatable bonds is 4. The van der Waals surface area contributed by atoms with Crippen molar-refractivity contribution in [3.05, 3.63) is 64.6 Å². The van der Waals surface area contributed by atoms with Crippen LogP contribution in [0.15, 0.2) is 47.7 Å². The lowest BCUT2D eigenvalue weighted by atomic mass is 10.2. The second-order valence-corrected chi connectivity index (χ2v) is 4.56. The molecule has 0 atom stereocenters. The van der Waals surface area contributed by atoms with E-state index in [1.807, 2.05) is 37.4 Å². The highest BCUT2D eigenvalue weighted by molar-refractivity contribution is 5.49. The lowest BCUT2D eigenvalue weighted by Gasteiger charge is -2.07. The molecule has 102 valence electrons. The van der Waals surface area contributed by atoms with Gasteiger partial charge in [-0.15, -0.1) is 0 Å². The summed E-state index contributed by atoms with van der Waals surface area (Å²) in [6, 6.07) is 7.70. The number of H-pyrrole nitrogens is 2. The van der Waals surface area contributed by atoms with E-state index in [2.05, 4.69) is 20.5 Å². The third-order valence-electron chi connectivity index (χ3n) is 3.21. The smallest absolute Gasteiger partial charge is 0.330 e. The Hall–Kier alpha value is -2.76. The van der Waals surface area contributed by atoms with E-state index in [1.165, 1.54) is 0 Å². The SMILES string of the molecule is Cc1[nH]ncc1CNc1ccc(-n2cc[nH]c2=O)cc1. The van der Waals surface area contributed by atoms with Crippen LogP contribution in [0.2, 0.25) is 0 Å². The summed E-state index contributed by atoms with van der Waals surface area (Å²) in [4.78, 5) is 14.1. The number of anilines is 1. The lowest BCUT2D eigenvalue weighted by molar-refractivity contribution is 0.987. The topological polar surface area (TPSA) is 78.5 Å². The fraction of sp³-hybridized carbons (Fsp3) is 0.143. The molecule has 0 spiro atoms. The Bertz CT molecular complexity index is 750. The maximum absolute atomic E-state index is 11.5. The van der Waals surface area contributed by atoms with Gasteiger partial charge < -0.3 is 10.3 Å². The number of hydrogen-bond donors (Lipinski definition) is 3. The third kappa shape index (κ3) is 2.35. The molecule has 3 N–H and O–H groups in total. The second kappa shape index (κ2) is 5.08. The molecule has 0 bridgehead atoms. The molecule has 0 radical (unpaired) electrons. The summed E-state index contributed by atoms with van der Waals surface area (Å²) >= 11 is 0. The summed E-state index contributed by atoms with van der Waals surface area (Å²) in [6.07, 6.45) is 5.14. The average molecular weight is 269 g/mol. The Kier molecular flexibility index (Phi) is 3.12. The molecule has 2 heterocycles. The maximum atomic E-state index is 11.5. The van der Waals surface area contributed by atoms with Crippen LogP contribution in [0.25, 0.3) is 5.69 Å². The zero-order valence-corrected chi connectivity index (χ0v) is 11.1. The fourth-order valence-electron chi connectivity index (χ4n) is 2.01. The molecule has 0 amide bonds. The minimum atomic E-state index is -0.139. The van der Waals surface area contributed by atoms with Crippen molar-refractivity contribution in [3.8, 4) is 5.69 Å². The van der Waals surface area contributed by atoms with Crippen LogP contribution in [0.4, 0.5) is 5.69 Å². The maximum Gasteiger partial charge on any atom is 0.330 e. The molecule has 0 unspecified atom stereocenters. The van der Waals surface area contributed by atoms with Crippen molar-refractivity contribution in [1.82, 2.24) is 19.7 Å². The number of nitrogens with one attached hydrogen (secondary N) is 3. The number of aromatic amines is 2. The summed E-state index contributed by atoms with van der Waals surface area (Å²) in [7, 11) is 0. The molecule has 0 fully saturated rings. The quantitative estimate of drug-likeness (QED) is 0.676. The van der Waals surface area contributed by atoms with Gasteiger partial charge in [-0.1, -0.05) is 0 Å². The predicted molar refractivity (Wildman–Crippen MR) is 77.0 cm³/mol. The van der Waals surface area contributed by atoms with Crippen LogP contribution in [0.1, 0.15) is 11.3 Å². The van der Waals surface area contributed by atoms with E-state index in [1.54, 1.807) is 17.0 Å². The molecular weight excluding hydrogens is 254 g/mol. The zero-order chi connectivity index (χ0) is 13.9. The summed E-state index contributed by atoms with van der Waals surface area (Å²) in [6.45, 7) is 2.71. The normalized spacial score (nSPS) is 10.7. The van der Waals surface area contributed by atoms with Crippen molar-refractivity contribution in [3.63, 3.8) is 0 Å². The van der Waals surface area contributed by atoms with Gasteiger partial charge in [-0.05, 0) is 31.2 Å². The van der Waals surface area contributed by atoms with Crippen LogP contribution in [0.5, 0.6) is 0 Å². The predicted octanol–water partition coefficient (Wildman–Crippen LogP) is 1.81. The van der Waals surface area contributed by atoms with Crippen LogP contribution in [0.3, 0.4) is 0 Å².